The van der Waals surface area contributed by atoms with Gasteiger partial charge in [-0.3, -0.25) is 0 Å². The van der Waals surface area contributed by atoms with Crippen LogP contribution in [0.1, 0.15) is 32.8 Å². The van der Waals surface area contributed by atoms with Crippen LogP contribution in [0, 0.1) is 0 Å². The van der Waals surface area contributed by atoms with Crippen LogP contribution in [0.2, 0.25) is 0 Å². The van der Waals surface area contributed by atoms with E-state index in [0.717, 1.165) is 25.1 Å². The van der Waals surface area contributed by atoms with Crippen molar-refractivity contribution in [1.82, 2.24) is 5.32 Å². The molecule has 1 heterocycles. The highest BCUT2D eigenvalue weighted by molar-refractivity contribution is 5.28. The smallest absolute Gasteiger partial charge is 0.120 e. The lowest BCUT2D eigenvalue weighted by Crippen LogP contribution is -2.31. The van der Waals surface area contributed by atoms with E-state index in [2.05, 4.69) is 44.3 Å². The van der Waals surface area contributed by atoms with Gasteiger partial charge >= 0.3 is 0 Å². The number of ether oxygens (including phenoxy) is 1. The predicted molar refractivity (Wildman–Crippen MR) is 66.9 cm³/mol. The van der Waals surface area contributed by atoms with Gasteiger partial charge in [-0.25, -0.2) is 0 Å². The van der Waals surface area contributed by atoms with E-state index >= 15 is 0 Å². The molecule has 88 valence electrons. The standard InChI is InChI=1S/C14H21NO/c1-4-11-6-5-7-12(8-11)16-13-9-14(2,3)15-10-13/h5-8,13,15H,4,9-10H2,1-3H3. The Labute approximate surface area is 98.0 Å². The Kier molecular flexibility index (Phi) is 3.20. The molecule has 0 aliphatic carbocycles. The first-order valence-electron chi connectivity index (χ1n) is 6.10. The van der Waals surface area contributed by atoms with E-state index in [0.29, 0.717) is 6.10 Å². The Bertz CT molecular complexity index is 360. The molecule has 2 nitrogen and oxygen atoms in total. The Morgan fingerprint density at radius 3 is 2.88 bits per heavy atom. The van der Waals surface area contributed by atoms with Crippen molar-refractivity contribution in [2.45, 2.75) is 45.3 Å². The highest BCUT2D eigenvalue weighted by atomic mass is 16.5. The molecule has 1 aromatic rings. The highest BCUT2D eigenvalue weighted by Gasteiger charge is 2.31. The van der Waals surface area contributed by atoms with Crippen LogP contribution in [-0.2, 0) is 6.42 Å². The lowest BCUT2D eigenvalue weighted by molar-refractivity contribution is 0.214. The normalized spacial score (nSPS) is 23.3. The number of hydrogen-bond acceptors (Lipinski definition) is 2. The summed E-state index contributed by atoms with van der Waals surface area (Å²) in [4.78, 5) is 0. The lowest BCUT2D eigenvalue weighted by atomic mass is 10.0. The quantitative estimate of drug-likeness (QED) is 0.844. The second-order valence-electron chi connectivity index (χ2n) is 5.21. The predicted octanol–water partition coefficient (Wildman–Crippen LogP) is 2.77. The van der Waals surface area contributed by atoms with Crippen LogP contribution in [0.15, 0.2) is 24.3 Å². The second kappa shape index (κ2) is 4.46. The van der Waals surface area contributed by atoms with Crippen molar-refractivity contribution in [1.29, 1.82) is 0 Å². The minimum atomic E-state index is 0.215. The van der Waals surface area contributed by atoms with Crippen LogP contribution in [0.3, 0.4) is 0 Å². The molecule has 2 rings (SSSR count). The molecular weight excluding hydrogens is 198 g/mol. The monoisotopic (exact) mass is 219 g/mol. The Hall–Kier alpha value is -1.02. The zero-order chi connectivity index (χ0) is 11.6. The van der Waals surface area contributed by atoms with Crippen molar-refractivity contribution in [2.24, 2.45) is 0 Å². The van der Waals surface area contributed by atoms with Gasteiger partial charge in [-0.2, -0.15) is 0 Å². The fraction of sp³-hybridized carbons (Fsp3) is 0.571. The number of nitrogens with one attached hydrogen (secondary N) is 1. The van der Waals surface area contributed by atoms with E-state index in [1.165, 1.54) is 5.56 Å². The maximum Gasteiger partial charge on any atom is 0.120 e. The molecule has 0 aromatic heterocycles. The molecule has 1 atom stereocenters. The molecule has 0 radical (unpaired) electrons. The average molecular weight is 219 g/mol. The van der Waals surface area contributed by atoms with E-state index in [1.54, 1.807) is 0 Å². The molecule has 1 fully saturated rings. The minimum Gasteiger partial charge on any atom is -0.489 e. The van der Waals surface area contributed by atoms with Crippen LogP contribution < -0.4 is 10.1 Å². The van der Waals surface area contributed by atoms with Gasteiger partial charge in [-0.05, 0) is 38.0 Å². The summed E-state index contributed by atoms with van der Waals surface area (Å²) in [6.07, 6.45) is 2.44. The van der Waals surface area contributed by atoms with Crippen molar-refractivity contribution in [2.75, 3.05) is 6.54 Å². The van der Waals surface area contributed by atoms with Crippen LogP contribution in [0.25, 0.3) is 0 Å². The molecule has 1 aliphatic rings. The third kappa shape index (κ3) is 2.76. The Morgan fingerprint density at radius 1 is 1.44 bits per heavy atom. The molecule has 1 aliphatic heterocycles. The molecule has 2 heteroatoms. The van der Waals surface area contributed by atoms with E-state index in [4.69, 9.17) is 4.74 Å². The van der Waals surface area contributed by atoms with Gasteiger partial charge < -0.3 is 10.1 Å². The van der Waals surface area contributed by atoms with E-state index in [-0.39, 0.29) is 5.54 Å². The highest BCUT2D eigenvalue weighted by Crippen LogP contribution is 2.23. The fourth-order valence-electron chi connectivity index (χ4n) is 2.22. The van der Waals surface area contributed by atoms with Crippen molar-refractivity contribution in [3.63, 3.8) is 0 Å². The summed E-state index contributed by atoms with van der Waals surface area (Å²) >= 11 is 0. The SMILES string of the molecule is CCc1cccc(OC2CNC(C)(C)C2)c1. The molecule has 0 bridgehead atoms. The van der Waals surface area contributed by atoms with Gasteiger partial charge in [0.1, 0.15) is 11.9 Å². The van der Waals surface area contributed by atoms with Crippen molar-refractivity contribution >= 4 is 0 Å². The third-order valence-electron chi connectivity index (χ3n) is 3.16. The van der Waals surface area contributed by atoms with Gasteiger partial charge in [0.15, 0.2) is 0 Å². The van der Waals surface area contributed by atoms with Crippen LogP contribution in [-0.4, -0.2) is 18.2 Å². The molecule has 1 aromatic carbocycles. The molecule has 0 saturated carbocycles. The van der Waals surface area contributed by atoms with Gasteiger partial charge in [0.2, 0.25) is 0 Å². The second-order valence-corrected chi connectivity index (χ2v) is 5.21. The maximum absolute atomic E-state index is 5.99. The molecular formula is C14H21NO. The maximum atomic E-state index is 5.99. The summed E-state index contributed by atoms with van der Waals surface area (Å²) in [5.41, 5.74) is 1.55. The van der Waals surface area contributed by atoms with Gasteiger partial charge in [0, 0.05) is 18.5 Å². The van der Waals surface area contributed by atoms with Crippen molar-refractivity contribution in [3.05, 3.63) is 29.8 Å². The number of aryl methyl sites for hydroxylation is 1. The zero-order valence-electron chi connectivity index (χ0n) is 10.4. The van der Waals surface area contributed by atoms with E-state index in [1.807, 2.05) is 6.07 Å². The summed E-state index contributed by atoms with van der Waals surface area (Å²) in [5.74, 6) is 1.00. The Morgan fingerprint density at radius 2 is 2.25 bits per heavy atom. The fourth-order valence-corrected chi connectivity index (χ4v) is 2.22. The first-order valence-corrected chi connectivity index (χ1v) is 6.10. The summed E-state index contributed by atoms with van der Waals surface area (Å²) in [6, 6.07) is 8.40. The summed E-state index contributed by atoms with van der Waals surface area (Å²) in [7, 11) is 0. The topological polar surface area (TPSA) is 21.3 Å². The average Bonchev–Trinajstić information content (AvgIpc) is 2.58. The number of rotatable bonds is 3. The minimum absolute atomic E-state index is 0.215. The van der Waals surface area contributed by atoms with Gasteiger partial charge in [-0.15, -0.1) is 0 Å². The van der Waals surface area contributed by atoms with Gasteiger partial charge in [0.25, 0.3) is 0 Å². The summed E-state index contributed by atoms with van der Waals surface area (Å²) < 4.78 is 5.99. The zero-order valence-corrected chi connectivity index (χ0v) is 10.4. The molecule has 0 amide bonds. The number of hydrogen-bond donors (Lipinski definition) is 1. The van der Waals surface area contributed by atoms with Crippen molar-refractivity contribution in [3.8, 4) is 5.75 Å². The van der Waals surface area contributed by atoms with Gasteiger partial charge in [-0.1, -0.05) is 19.1 Å². The molecule has 1 unspecified atom stereocenters. The molecule has 1 saturated heterocycles. The molecule has 1 N–H and O–H groups in total. The third-order valence-corrected chi connectivity index (χ3v) is 3.16. The first-order chi connectivity index (χ1) is 7.59. The molecule has 16 heavy (non-hydrogen) atoms. The first kappa shape index (κ1) is 11.5. The van der Waals surface area contributed by atoms with Crippen LogP contribution in [0.5, 0.6) is 5.75 Å². The van der Waals surface area contributed by atoms with Crippen LogP contribution >= 0.6 is 0 Å². The molecule has 0 spiro atoms. The summed E-state index contributed by atoms with van der Waals surface area (Å²) in [6.45, 7) is 7.56. The van der Waals surface area contributed by atoms with Crippen LogP contribution in [0.4, 0.5) is 0 Å². The van der Waals surface area contributed by atoms with E-state index < -0.39 is 0 Å². The van der Waals surface area contributed by atoms with Gasteiger partial charge in [0.05, 0.1) is 0 Å². The van der Waals surface area contributed by atoms with E-state index in [9.17, 15) is 0 Å². The summed E-state index contributed by atoms with van der Waals surface area (Å²) in [5, 5.41) is 3.47. The Balaban J connectivity index is 1.99. The lowest BCUT2D eigenvalue weighted by Gasteiger charge is -2.17. The van der Waals surface area contributed by atoms with Crippen molar-refractivity contribution < 1.29 is 4.74 Å². The largest absolute Gasteiger partial charge is 0.489 e. The number of benzene rings is 1.